The van der Waals surface area contributed by atoms with Crippen LogP contribution in [0.4, 0.5) is 23.7 Å². The summed E-state index contributed by atoms with van der Waals surface area (Å²) < 4.78 is 66.3. The summed E-state index contributed by atoms with van der Waals surface area (Å²) in [6.45, 7) is 4.84. The number of nitrogens with zero attached hydrogens (tertiary/aromatic N) is 1. The van der Waals surface area contributed by atoms with Crippen LogP contribution in [0.25, 0.3) is 21.7 Å². The number of hydrogen-bond acceptors (Lipinski definition) is 6. The van der Waals surface area contributed by atoms with E-state index in [4.69, 9.17) is 0 Å². The number of carbonyl (C=O) groups is 2. The van der Waals surface area contributed by atoms with Gasteiger partial charge in [0.1, 0.15) is 10.5 Å². The highest BCUT2D eigenvalue weighted by molar-refractivity contribution is 7.89. The molecule has 0 fully saturated rings. The maximum atomic E-state index is 13.1. The number of aromatic nitrogens is 1. The van der Waals surface area contributed by atoms with Crippen molar-refractivity contribution in [2.75, 3.05) is 5.32 Å². The molecular weight excluding hydrogens is 591 g/mol. The molecular formula is C29H26F3N3O5S2. The monoisotopic (exact) mass is 617 g/mol. The molecule has 4 rings (SSSR count). The Bertz CT molecular complexity index is 1700. The van der Waals surface area contributed by atoms with Gasteiger partial charge in [-0.1, -0.05) is 38.1 Å². The number of sulfonamides is 1. The number of thiazole rings is 1. The van der Waals surface area contributed by atoms with Gasteiger partial charge >= 0.3 is 11.4 Å². The third-order valence-electron chi connectivity index (χ3n) is 6.27. The number of aliphatic carboxylic acids is 1. The van der Waals surface area contributed by atoms with Gasteiger partial charge in [0.2, 0.25) is 10.0 Å². The lowest BCUT2D eigenvalue weighted by molar-refractivity contribution is -0.309. The normalized spacial score (nSPS) is 13.2. The van der Waals surface area contributed by atoms with Crippen LogP contribution < -0.4 is 15.1 Å². The lowest BCUT2D eigenvalue weighted by Gasteiger charge is -2.23. The molecule has 0 radical (unpaired) electrons. The molecule has 0 aliphatic carbocycles. The fraction of sp³-hybridized carbons (Fsp3) is 0.207. The highest BCUT2D eigenvalue weighted by atomic mass is 32.2. The Morgan fingerprint density at radius 3 is 1.90 bits per heavy atom. The number of carboxylic acids is 1. The van der Waals surface area contributed by atoms with E-state index in [1.165, 1.54) is 24.3 Å². The molecule has 0 aliphatic rings. The van der Waals surface area contributed by atoms with Crippen LogP contribution in [-0.2, 0) is 21.0 Å². The van der Waals surface area contributed by atoms with Crippen LogP contribution in [0.3, 0.4) is 0 Å². The second kappa shape index (κ2) is 12.0. The predicted octanol–water partition coefficient (Wildman–Crippen LogP) is 5.62. The van der Waals surface area contributed by atoms with Gasteiger partial charge in [0, 0.05) is 5.69 Å². The van der Waals surface area contributed by atoms with Crippen molar-refractivity contribution in [3.05, 3.63) is 89.4 Å². The number of alkyl halides is 3. The number of anilines is 1. The van der Waals surface area contributed by atoms with E-state index in [2.05, 4.69) is 15.0 Å². The number of nitrogens with one attached hydrogen (secondary N) is 2. The minimum absolute atomic E-state index is 0.103. The average molecular weight is 618 g/mol. The van der Waals surface area contributed by atoms with E-state index in [1.54, 1.807) is 62.5 Å². The largest absolute Gasteiger partial charge is 0.548 e. The van der Waals surface area contributed by atoms with Gasteiger partial charge in [-0.25, -0.2) is 17.9 Å². The van der Waals surface area contributed by atoms with E-state index >= 15 is 0 Å². The summed E-state index contributed by atoms with van der Waals surface area (Å²) >= 11 is 0. The van der Waals surface area contributed by atoms with E-state index in [0.717, 1.165) is 17.7 Å². The Balaban J connectivity index is 1.48. The summed E-state index contributed by atoms with van der Waals surface area (Å²) in [6.07, 6.45) is -4.47. The minimum atomic E-state index is -4.47. The Hall–Kier alpha value is -4.07. The van der Waals surface area contributed by atoms with E-state index in [-0.39, 0.29) is 10.1 Å². The molecule has 1 heterocycles. The Morgan fingerprint density at radius 2 is 1.40 bits per heavy atom. The van der Waals surface area contributed by atoms with Crippen molar-refractivity contribution >= 4 is 37.4 Å². The van der Waals surface area contributed by atoms with Gasteiger partial charge in [-0.15, -0.1) is 0 Å². The van der Waals surface area contributed by atoms with Gasteiger partial charge in [-0.2, -0.15) is 18.2 Å². The standard InChI is InChI=1S/C29H26F3N3O5S2/c1-17(2)25(27(36)37)35-42(39,40)24-14-8-20(9-15-24)19-6-12-23(13-7-19)34-28(38)41-16-18(3)33-26(41)21-4-10-22(11-5-21)29(30,31)32/h4-17,25,35H,1-3H3,(H-,34,36,37,38)/t25-,41?/m0/s1. The smallest absolute Gasteiger partial charge is 0.462 e. The molecule has 2 N–H and O–H groups in total. The van der Waals surface area contributed by atoms with Gasteiger partial charge in [0.05, 0.1) is 33.7 Å². The predicted molar refractivity (Wildman–Crippen MR) is 152 cm³/mol. The maximum absolute atomic E-state index is 13.1. The molecule has 3 aromatic carbocycles. The highest BCUT2D eigenvalue weighted by Crippen LogP contribution is 2.37. The lowest BCUT2D eigenvalue weighted by Crippen LogP contribution is -2.50. The third-order valence-corrected chi connectivity index (χ3v) is 9.54. The number of hydrogen-bond donors (Lipinski definition) is 2. The van der Waals surface area contributed by atoms with E-state index in [1.807, 2.05) is 0 Å². The number of amides is 1. The van der Waals surface area contributed by atoms with Crippen LogP contribution in [0.1, 0.15) is 25.1 Å². The van der Waals surface area contributed by atoms with E-state index in [9.17, 15) is 36.3 Å². The van der Waals surface area contributed by atoms with Gasteiger partial charge < -0.3 is 9.90 Å². The van der Waals surface area contributed by atoms with Crippen molar-refractivity contribution in [3.8, 4) is 21.7 Å². The zero-order valence-electron chi connectivity index (χ0n) is 22.6. The number of halogens is 3. The second-order valence-electron chi connectivity index (χ2n) is 9.77. The highest BCUT2D eigenvalue weighted by Gasteiger charge is 2.32. The fourth-order valence-corrected chi connectivity index (χ4v) is 7.02. The third kappa shape index (κ3) is 7.04. The molecule has 0 saturated carbocycles. The second-order valence-corrected chi connectivity index (χ2v) is 13.1. The number of aryl methyl sites for hydroxylation is 1. The van der Waals surface area contributed by atoms with E-state index in [0.29, 0.717) is 27.5 Å². The summed E-state index contributed by atoms with van der Waals surface area (Å²) in [5, 5.41) is 15.8. The van der Waals surface area contributed by atoms with Crippen LogP contribution in [0.5, 0.6) is 0 Å². The minimum Gasteiger partial charge on any atom is -0.548 e. The molecule has 0 bridgehead atoms. The summed E-state index contributed by atoms with van der Waals surface area (Å²) in [5.74, 6) is -2.03. The molecule has 4 aromatic rings. The number of carboxylic acid groups (broad SMARTS) is 1. The van der Waals surface area contributed by atoms with Gasteiger partial charge in [0.25, 0.3) is 5.01 Å². The molecule has 1 aromatic heterocycles. The molecule has 8 nitrogen and oxygen atoms in total. The molecule has 1 unspecified atom stereocenters. The molecule has 42 heavy (non-hydrogen) atoms. The summed E-state index contributed by atoms with van der Waals surface area (Å²) in [6, 6.07) is 15.8. The lowest BCUT2D eigenvalue weighted by atomic mass is 10.1. The molecule has 0 aliphatic heterocycles. The Labute approximate surface area is 243 Å². The van der Waals surface area contributed by atoms with Crippen LogP contribution in [0.2, 0.25) is 0 Å². The summed E-state index contributed by atoms with van der Waals surface area (Å²) in [4.78, 5) is 28.7. The fourth-order valence-electron chi connectivity index (χ4n) is 4.03. The van der Waals surface area contributed by atoms with Gasteiger partial charge in [-0.3, -0.25) is 5.32 Å². The number of carbonyl (C=O) groups excluding carboxylic acids is 2. The average Bonchev–Trinajstić information content (AvgIpc) is 3.33. The van der Waals surface area contributed by atoms with Crippen LogP contribution in [0.15, 0.2) is 83.1 Å². The first kappa shape index (κ1) is 30.9. The van der Waals surface area contributed by atoms with Gasteiger partial charge in [0.15, 0.2) is 5.38 Å². The van der Waals surface area contributed by atoms with Crippen molar-refractivity contribution in [2.24, 2.45) is 5.92 Å². The topological polar surface area (TPSA) is 128 Å². The zero-order valence-corrected chi connectivity index (χ0v) is 24.2. The molecule has 13 heteroatoms. The molecule has 1 amide bonds. The molecule has 0 spiro atoms. The van der Waals surface area contributed by atoms with Crippen molar-refractivity contribution in [1.82, 2.24) is 9.71 Å². The maximum Gasteiger partial charge on any atom is 0.462 e. The van der Waals surface area contributed by atoms with Crippen LogP contribution in [-0.4, -0.2) is 30.7 Å². The molecule has 2 atom stereocenters. The quantitative estimate of drug-likeness (QED) is 0.235. The number of benzene rings is 3. The zero-order chi connectivity index (χ0) is 30.8. The summed E-state index contributed by atoms with van der Waals surface area (Å²) in [5.41, 5.74) is 2.10. The Morgan fingerprint density at radius 1 is 0.881 bits per heavy atom. The van der Waals surface area contributed by atoms with Crippen LogP contribution in [0, 0.1) is 12.8 Å². The van der Waals surface area contributed by atoms with Crippen molar-refractivity contribution in [2.45, 2.75) is 37.9 Å². The molecule has 220 valence electrons. The first-order valence-electron chi connectivity index (χ1n) is 12.6. The Kier molecular flexibility index (Phi) is 8.85. The van der Waals surface area contributed by atoms with Crippen LogP contribution >= 0.6 is 10.5 Å². The van der Waals surface area contributed by atoms with E-state index < -0.39 is 50.2 Å². The van der Waals surface area contributed by atoms with Gasteiger partial charge in [-0.05, 0) is 72.5 Å². The summed E-state index contributed by atoms with van der Waals surface area (Å²) in [7, 11) is -5.23. The first-order chi connectivity index (χ1) is 19.7. The van der Waals surface area contributed by atoms with Crippen molar-refractivity contribution in [3.63, 3.8) is 0 Å². The van der Waals surface area contributed by atoms with Crippen molar-refractivity contribution < 1.29 is 36.3 Å². The van der Waals surface area contributed by atoms with Crippen molar-refractivity contribution in [1.29, 1.82) is 0 Å². The molecule has 0 saturated heterocycles. The first-order valence-corrected chi connectivity index (χ1v) is 15.4. The number of rotatable bonds is 9. The SMILES string of the molecule is Cc1c[s+](C(=O)Nc2ccc(-c3ccc(S(=O)(=O)N[C@H](C(=O)[O-])C(C)C)cc3)cc2)c(-c2ccc(C(F)(F)F)cc2)n1.